The van der Waals surface area contributed by atoms with E-state index in [4.69, 9.17) is 10.5 Å². The van der Waals surface area contributed by atoms with Crippen molar-refractivity contribution in [3.05, 3.63) is 35.4 Å². The molecular formula is C19H27F2N3O. The second-order valence-electron chi connectivity index (χ2n) is 8.00. The first-order valence-corrected chi connectivity index (χ1v) is 9.26. The summed E-state index contributed by atoms with van der Waals surface area (Å²) in [5.74, 6) is 0.638. The fourth-order valence-electron chi connectivity index (χ4n) is 4.91. The van der Waals surface area contributed by atoms with Crippen molar-refractivity contribution in [1.29, 1.82) is 0 Å². The first-order valence-electron chi connectivity index (χ1n) is 9.26. The van der Waals surface area contributed by atoms with Crippen LogP contribution >= 0.6 is 0 Å². The summed E-state index contributed by atoms with van der Waals surface area (Å²) in [6.07, 6.45) is 1.42. The van der Waals surface area contributed by atoms with Crippen LogP contribution in [0.2, 0.25) is 0 Å². The third-order valence-corrected chi connectivity index (χ3v) is 6.20. The minimum Gasteiger partial charge on any atom is -0.370 e. The molecular weight excluding hydrogens is 324 g/mol. The van der Waals surface area contributed by atoms with Crippen LogP contribution in [0.5, 0.6) is 0 Å². The summed E-state index contributed by atoms with van der Waals surface area (Å²) in [5.41, 5.74) is 6.54. The number of ether oxygens (including phenoxy) is 1. The van der Waals surface area contributed by atoms with Gasteiger partial charge in [0.15, 0.2) is 0 Å². The van der Waals surface area contributed by atoms with Gasteiger partial charge in [0.1, 0.15) is 17.7 Å². The van der Waals surface area contributed by atoms with Crippen LogP contribution in [0.4, 0.5) is 8.78 Å². The van der Waals surface area contributed by atoms with Gasteiger partial charge in [-0.25, -0.2) is 8.78 Å². The Labute approximate surface area is 147 Å². The monoisotopic (exact) mass is 351 g/mol. The van der Waals surface area contributed by atoms with Crippen LogP contribution in [0.3, 0.4) is 0 Å². The average Bonchev–Trinajstić information content (AvgIpc) is 2.96. The number of likely N-dealkylation sites (tertiary alicyclic amines) is 2. The van der Waals surface area contributed by atoms with Gasteiger partial charge in [0.05, 0.1) is 6.61 Å². The highest BCUT2D eigenvalue weighted by Gasteiger charge is 2.40. The van der Waals surface area contributed by atoms with Crippen LogP contribution in [-0.4, -0.2) is 61.7 Å². The molecule has 1 aromatic carbocycles. The Bertz CT molecular complexity index is 629. The third-order valence-electron chi connectivity index (χ3n) is 6.20. The lowest BCUT2D eigenvalue weighted by Crippen LogP contribution is -2.53. The van der Waals surface area contributed by atoms with Crippen LogP contribution in [-0.2, 0) is 4.74 Å². The van der Waals surface area contributed by atoms with Crippen molar-refractivity contribution in [2.75, 3.05) is 39.8 Å². The number of fused-ring (bicyclic) bond motifs is 1. The Morgan fingerprint density at radius 1 is 1.16 bits per heavy atom. The zero-order valence-corrected chi connectivity index (χ0v) is 14.7. The van der Waals surface area contributed by atoms with Crippen molar-refractivity contribution < 1.29 is 13.5 Å². The van der Waals surface area contributed by atoms with Gasteiger partial charge in [-0.1, -0.05) is 0 Å². The molecule has 3 aliphatic rings. The van der Waals surface area contributed by atoms with Gasteiger partial charge >= 0.3 is 0 Å². The van der Waals surface area contributed by atoms with Gasteiger partial charge in [-0.2, -0.15) is 0 Å². The highest BCUT2D eigenvalue weighted by Crippen LogP contribution is 2.35. The minimum atomic E-state index is -0.567. The quantitative estimate of drug-likeness (QED) is 0.885. The number of benzene rings is 1. The first kappa shape index (κ1) is 17.3. The number of nitrogens with zero attached hydrogens (tertiary/aromatic N) is 2. The third kappa shape index (κ3) is 3.45. The minimum absolute atomic E-state index is 0.238. The first-order chi connectivity index (χ1) is 12.0. The Hall–Kier alpha value is -1.08. The molecule has 138 valence electrons. The van der Waals surface area contributed by atoms with Crippen LogP contribution in [0.25, 0.3) is 0 Å². The lowest BCUT2D eigenvalue weighted by molar-refractivity contribution is -0.0616. The molecule has 0 spiro atoms. The average molecular weight is 351 g/mol. The maximum absolute atomic E-state index is 14.0. The van der Waals surface area contributed by atoms with E-state index in [1.807, 2.05) is 0 Å². The van der Waals surface area contributed by atoms with Crippen molar-refractivity contribution in [3.8, 4) is 0 Å². The highest BCUT2D eigenvalue weighted by molar-refractivity contribution is 5.23. The van der Waals surface area contributed by atoms with E-state index in [1.165, 1.54) is 19.0 Å². The smallest absolute Gasteiger partial charge is 0.129 e. The second-order valence-corrected chi connectivity index (χ2v) is 8.00. The molecule has 0 aliphatic carbocycles. The molecule has 25 heavy (non-hydrogen) atoms. The Morgan fingerprint density at radius 3 is 2.76 bits per heavy atom. The zero-order chi connectivity index (χ0) is 17.6. The molecule has 6 heteroatoms. The number of hydrogen-bond donors (Lipinski definition) is 1. The van der Waals surface area contributed by atoms with Gasteiger partial charge in [-0.3, -0.25) is 4.90 Å². The number of halogens is 2. The zero-order valence-electron chi connectivity index (χ0n) is 14.7. The van der Waals surface area contributed by atoms with E-state index in [0.717, 1.165) is 50.0 Å². The summed E-state index contributed by atoms with van der Waals surface area (Å²) >= 11 is 0. The van der Waals surface area contributed by atoms with E-state index < -0.39 is 17.7 Å². The van der Waals surface area contributed by atoms with Crippen molar-refractivity contribution >= 4 is 0 Å². The summed E-state index contributed by atoms with van der Waals surface area (Å²) in [7, 11) is 2.19. The van der Waals surface area contributed by atoms with Crippen LogP contribution in [0.15, 0.2) is 18.2 Å². The second kappa shape index (κ2) is 6.91. The summed E-state index contributed by atoms with van der Waals surface area (Å²) < 4.78 is 33.5. The maximum atomic E-state index is 14.0. The predicted octanol–water partition coefficient (Wildman–Crippen LogP) is 2.01. The number of nitrogens with two attached hydrogens (primary N) is 1. The molecule has 0 amide bonds. The van der Waals surface area contributed by atoms with Gasteiger partial charge < -0.3 is 15.4 Å². The number of rotatable bonds is 2. The fraction of sp³-hybridized carbons (Fsp3) is 0.684. The molecule has 5 unspecified atom stereocenters. The Balaban J connectivity index is 1.41. The lowest BCUT2D eigenvalue weighted by atomic mass is 9.86. The molecule has 0 bridgehead atoms. The van der Waals surface area contributed by atoms with E-state index in [2.05, 4.69) is 16.8 Å². The molecule has 3 fully saturated rings. The molecule has 0 saturated carbocycles. The molecule has 3 aliphatic heterocycles. The van der Waals surface area contributed by atoms with Crippen LogP contribution < -0.4 is 5.73 Å². The predicted molar refractivity (Wildman–Crippen MR) is 92.1 cm³/mol. The molecule has 1 aromatic rings. The molecule has 3 heterocycles. The molecule has 4 nitrogen and oxygen atoms in total. The summed E-state index contributed by atoms with van der Waals surface area (Å²) in [4.78, 5) is 4.92. The Kier molecular flexibility index (Phi) is 4.79. The molecule has 0 radical (unpaired) electrons. The largest absolute Gasteiger partial charge is 0.370 e. The highest BCUT2D eigenvalue weighted by atomic mass is 19.1. The van der Waals surface area contributed by atoms with Crippen molar-refractivity contribution in [3.63, 3.8) is 0 Å². The van der Waals surface area contributed by atoms with Crippen LogP contribution in [0.1, 0.15) is 24.5 Å². The standard InChI is InChI=1S/C19H27F2N3O/c1-23-8-12-4-5-24(10-13(12)9-23)15-7-18(22)19(25-11-15)16-6-14(20)2-3-17(16)21/h2-3,6,12-13,15,18-19H,4-5,7-11,22H2,1H3. The fourth-order valence-corrected chi connectivity index (χ4v) is 4.91. The summed E-state index contributed by atoms with van der Waals surface area (Å²) in [6, 6.07) is 3.43. The molecule has 5 atom stereocenters. The Morgan fingerprint density at radius 2 is 1.96 bits per heavy atom. The lowest BCUT2D eigenvalue weighted by Gasteiger charge is -2.44. The van der Waals surface area contributed by atoms with Gasteiger partial charge in [0, 0.05) is 37.3 Å². The molecule has 3 saturated heterocycles. The van der Waals surface area contributed by atoms with E-state index in [1.54, 1.807) is 0 Å². The van der Waals surface area contributed by atoms with Gasteiger partial charge in [0.25, 0.3) is 0 Å². The van der Waals surface area contributed by atoms with E-state index in [-0.39, 0.29) is 17.6 Å². The molecule has 4 rings (SSSR count). The van der Waals surface area contributed by atoms with Crippen molar-refractivity contribution in [2.24, 2.45) is 17.6 Å². The SMILES string of the molecule is CN1CC2CCN(C3COC(c4cc(F)ccc4F)C(N)C3)CC2C1. The molecule has 2 N–H and O–H groups in total. The van der Waals surface area contributed by atoms with Gasteiger partial charge in [-0.05, 0) is 56.5 Å². The van der Waals surface area contributed by atoms with E-state index in [0.29, 0.717) is 6.61 Å². The topological polar surface area (TPSA) is 41.7 Å². The summed E-state index contributed by atoms with van der Waals surface area (Å²) in [5, 5.41) is 0. The van der Waals surface area contributed by atoms with E-state index >= 15 is 0 Å². The summed E-state index contributed by atoms with van der Waals surface area (Å²) in [6.45, 7) is 5.07. The van der Waals surface area contributed by atoms with E-state index in [9.17, 15) is 8.78 Å². The molecule has 0 aromatic heterocycles. The van der Waals surface area contributed by atoms with Gasteiger partial charge in [-0.15, -0.1) is 0 Å². The maximum Gasteiger partial charge on any atom is 0.129 e. The van der Waals surface area contributed by atoms with Gasteiger partial charge in [0.2, 0.25) is 0 Å². The number of hydrogen-bond acceptors (Lipinski definition) is 4. The van der Waals surface area contributed by atoms with Crippen molar-refractivity contribution in [1.82, 2.24) is 9.80 Å². The van der Waals surface area contributed by atoms with Crippen molar-refractivity contribution in [2.45, 2.75) is 31.0 Å². The van der Waals surface area contributed by atoms with Crippen LogP contribution in [0, 0.1) is 23.5 Å². The normalized spacial score (nSPS) is 37.2. The number of piperidine rings is 1.